The quantitative estimate of drug-likeness (QED) is 0.234. The number of ketones is 1. The first kappa shape index (κ1) is 30.3. The number of nitrogens with zero attached hydrogens (tertiary/aromatic N) is 4. The summed E-state index contributed by atoms with van der Waals surface area (Å²) in [5, 5.41) is 21.7. The Labute approximate surface area is 244 Å². The number of carbonyl (C=O) groups is 2. The number of benzene rings is 3. The van der Waals surface area contributed by atoms with Gasteiger partial charge in [-0.2, -0.15) is 9.52 Å². The largest absolute Gasteiger partial charge is 0.481 e. The first-order valence-corrected chi connectivity index (χ1v) is 15.5. The van der Waals surface area contributed by atoms with Crippen LogP contribution in [0.4, 0.5) is 0 Å². The second-order valence-electron chi connectivity index (χ2n) is 8.64. The number of carboxylic acid groups (broad SMARTS) is 1. The lowest BCUT2D eigenvalue weighted by atomic mass is 10.1. The van der Waals surface area contributed by atoms with Crippen molar-refractivity contribution in [3.8, 4) is 0 Å². The maximum Gasteiger partial charge on any atom is 0.305 e. The number of sulfone groups is 1. The molecule has 0 amide bonds. The van der Waals surface area contributed by atoms with Crippen molar-refractivity contribution < 1.29 is 31.5 Å². The molecule has 4 rings (SSSR count). The Bertz CT molecular complexity index is 1780. The second kappa shape index (κ2) is 12.4. The van der Waals surface area contributed by atoms with Gasteiger partial charge in [0.2, 0.25) is 19.9 Å². The minimum Gasteiger partial charge on any atom is -0.481 e. The van der Waals surface area contributed by atoms with E-state index in [1.54, 1.807) is 36.4 Å². The molecular weight excluding hydrogens is 617 g/mol. The van der Waals surface area contributed by atoms with Gasteiger partial charge in [0.25, 0.3) is 0 Å². The van der Waals surface area contributed by atoms with Crippen LogP contribution in [-0.2, 0) is 42.4 Å². The number of sulfonamides is 1. The number of aliphatic carboxylic acids is 1. The molecule has 0 fully saturated rings. The molecule has 0 radical (unpaired) electrons. The van der Waals surface area contributed by atoms with Gasteiger partial charge < -0.3 is 5.11 Å². The van der Waals surface area contributed by atoms with Crippen molar-refractivity contribution in [1.82, 2.24) is 24.9 Å². The molecule has 0 aliphatic heterocycles. The van der Waals surface area contributed by atoms with Crippen LogP contribution in [-0.4, -0.2) is 59.9 Å². The van der Waals surface area contributed by atoms with Gasteiger partial charge in [0, 0.05) is 16.5 Å². The van der Waals surface area contributed by atoms with E-state index in [9.17, 15) is 31.5 Å². The highest BCUT2D eigenvalue weighted by Gasteiger charge is 2.29. The van der Waals surface area contributed by atoms with E-state index >= 15 is 0 Å². The van der Waals surface area contributed by atoms with E-state index in [0.29, 0.717) is 15.6 Å². The first-order chi connectivity index (χ1) is 19.4. The Morgan fingerprint density at radius 3 is 2.05 bits per heavy atom. The molecule has 1 atom stereocenters. The molecule has 12 nitrogen and oxygen atoms in total. The van der Waals surface area contributed by atoms with Crippen LogP contribution in [0.15, 0.2) is 87.5 Å². The molecule has 1 unspecified atom stereocenters. The number of carbonyl (C=O) groups excluding carboxylic acids is 1. The van der Waals surface area contributed by atoms with E-state index in [1.165, 1.54) is 12.1 Å². The van der Waals surface area contributed by atoms with Crippen molar-refractivity contribution in [3.63, 3.8) is 0 Å². The third-order valence-electron chi connectivity index (χ3n) is 5.75. The van der Waals surface area contributed by atoms with Gasteiger partial charge in [-0.3, -0.25) is 9.59 Å². The summed E-state index contributed by atoms with van der Waals surface area (Å²) < 4.78 is 53.7. The molecule has 2 N–H and O–H groups in total. The zero-order valence-electron chi connectivity index (χ0n) is 20.9. The molecule has 4 aromatic rings. The van der Waals surface area contributed by atoms with E-state index < -0.39 is 50.6 Å². The van der Waals surface area contributed by atoms with Crippen molar-refractivity contribution in [1.29, 1.82) is 0 Å². The van der Waals surface area contributed by atoms with Gasteiger partial charge in [-0.15, -0.1) is 10.2 Å². The van der Waals surface area contributed by atoms with E-state index in [2.05, 4.69) is 20.1 Å². The maximum atomic E-state index is 13.0. The highest BCUT2D eigenvalue weighted by Crippen LogP contribution is 2.26. The number of aromatic nitrogens is 4. The molecule has 0 spiro atoms. The summed E-state index contributed by atoms with van der Waals surface area (Å²) in [4.78, 5) is 24.8. The second-order valence-corrected chi connectivity index (χ2v) is 13.1. The van der Waals surface area contributed by atoms with Crippen molar-refractivity contribution in [3.05, 3.63) is 94.2 Å². The van der Waals surface area contributed by atoms with Crippen molar-refractivity contribution in [2.45, 2.75) is 40.1 Å². The minimum absolute atomic E-state index is 0.0284. The van der Waals surface area contributed by atoms with Gasteiger partial charge in [0.1, 0.15) is 6.54 Å². The van der Waals surface area contributed by atoms with Crippen LogP contribution in [0.5, 0.6) is 0 Å². The van der Waals surface area contributed by atoms with Crippen LogP contribution < -0.4 is 4.72 Å². The van der Waals surface area contributed by atoms with Gasteiger partial charge in [-0.25, -0.2) is 16.8 Å². The average Bonchev–Trinajstić information content (AvgIpc) is 3.37. The van der Waals surface area contributed by atoms with Crippen molar-refractivity contribution in [2.24, 2.45) is 0 Å². The highest BCUT2D eigenvalue weighted by molar-refractivity contribution is 7.91. The Morgan fingerprint density at radius 2 is 1.44 bits per heavy atom. The number of Topliss-reactive ketones (excluding diaryl/α,β-unsaturated/α-hetero) is 1. The lowest BCUT2D eigenvalue weighted by Gasteiger charge is -2.16. The van der Waals surface area contributed by atoms with Gasteiger partial charge in [-0.1, -0.05) is 47.5 Å². The molecule has 16 heteroatoms. The summed E-state index contributed by atoms with van der Waals surface area (Å²) in [5.41, 5.74) is 0.542. The summed E-state index contributed by atoms with van der Waals surface area (Å²) in [5.74, 6) is -2.11. The Balaban J connectivity index is 1.49. The fraction of sp³-hybridized carbons (Fsp3) is 0.160. The zero-order chi connectivity index (χ0) is 29.8. The number of carboxylic acids is 1. The minimum atomic E-state index is -4.44. The summed E-state index contributed by atoms with van der Waals surface area (Å²) >= 11 is 12.3. The monoisotopic (exact) mass is 637 g/mol. The van der Waals surface area contributed by atoms with Crippen LogP contribution in [0.25, 0.3) is 0 Å². The molecule has 0 saturated heterocycles. The standard InChI is InChI=1S/C25H21Cl2N5O7S2/c26-20-7-4-8-21(27)19(20)13-24-28-31-32(29-24)15-23(33)22(14-25(34)35)30-41(38,39)18-11-9-17(10-12-18)40(36,37)16-5-2-1-3-6-16/h1-12,22,30H,13-15H2,(H,34,35). The normalized spacial score (nSPS) is 12.6. The fourth-order valence-corrected chi connectivity index (χ4v) is 6.74. The molecule has 1 aromatic heterocycles. The Hall–Kier alpha value is -3.69. The Morgan fingerprint density at radius 1 is 0.854 bits per heavy atom. The molecule has 0 bridgehead atoms. The predicted molar refractivity (Wildman–Crippen MR) is 147 cm³/mol. The molecule has 0 saturated carbocycles. The SMILES string of the molecule is O=C(O)CC(NS(=O)(=O)c1ccc(S(=O)(=O)c2ccccc2)cc1)C(=O)Cn1nnc(Cc2c(Cl)cccc2Cl)n1. The number of halogens is 2. The lowest BCUT2D eigenvalue weighted by molar-refractivity contribution is -0.139. The average molecular weight is 639 g/mol. The number of nitrogens with one attached hydrogen (secondary N) is 1. The molecular formula is C25H21Cl2N5O7S2. The van der Waals surface area contributed by atoms with Crippen LogP contribution >= 0.6 is 23.2 Å². The first-order valence-electron chi connectivity index (χ1n) is 11.7. The molecule has 0 aliphatic rings. The smallest absolute Gasteiger partial charge is 0.305 e. The van der Waals surface area contributed by atoms with Crippen molar-refractivity contribution >= 4 is 54.8 Å². The molecule has 214 valence electrons. The zero-order valence-corrected chi connectivity index (χ0v) is 24.0. The highest BCUT2D eigenvalue weighted by atomic mass is 35.5. The van der Waals surface area contributed by atoms with Gasteiger partial charge in [0.05, 0.1) is 27.1 Å². The van der Waals surface area contributed by atoms with E-state index in [1.807, 2.05) is 0 Å². The Kier molecular flexibility index (Phi) is 9.19. The number of rotatable bonds is 12. The van der Waals surface area contributed by atoms with Crippen LogP contribution in [0, 0.1) is 0 Å². The third-order valence-corrected chi connectivity index (χ3v) is 9.73. The maximum absolute atomic E-state index is 13.0. The predicted octanol–water partition coefficient (Wildman–Crippen LogP) is 2.79. The van der Waals surface area contributed by atoms with Gasteiger partial charge in [-0.05, 0) is 59.3 Å². The van der Waals surface area contributed by atoms with Crippen LogP contribution in [0.1, 0.15) is 17.8 Å². The van der Waals surface area contributed by atoms with Crippen molar-refractivity contribution in [2.75, 3.05) is 0 Å². The topological polar surface area (TPSA) is 178 Å². The van der Waals surface area contributed by atoms with E-state index in [4.69, 9.17) is 23.2 Å². The van der Waals surface area contributed by atoms with Gasteiger partial charge >= 0.3 is 5.97 Å². The van der Waals surface area contributed by atoms with E-state index in [-0.39, 0.29) is 26.9 Å². The number of tetrazole rings is 1. The lowest BCUT2D eigenvalue weighted by Crippen LogP contribution is -2.43. The van der Waals surface area contributed by atoms with Crippen LogP contribution in [0.3, 0.4) is 0 Å². The molecule has 3 aromatic carbocycles. The summed E-state index contributed by atoms with van der Waals surface area (Å²) in [6.45, 7) is -0.585. The van der Waals surface area contributed by atoms with E-state index in [0.717, 1.165) is 29.1 Å². The molecule has 0 aliphatic carbocycles. The summed E-state index contributed by atoms with van der Waals surface area (Å²) in [7, 11) is -8.33. The summed E-state index contributed by atoms with van der Waals surface area (Å²) in [6.07, 6.45) is -0.761. The summed E-state index contributed by atoms with van der Waals surface area (Å²) in [6, 6.07) is 15.1. The fourth-order valence-electron chi connectivity index (χ4n) is 3.71. The van der Waals surface area contributed by atoms with Gasteiger partial charge in [0.15, 0.2) is 11.6 Å². The van der Waals surface area contributed by atoms with Crippen LogP contribution in [0.2, 0.25) is 10.0 Å². The number of hydrogen-bond acceptors (Lipinski definition) is 9. The molecule has 41 heavy (non-hydrogen) atoms. The molecule has 1 heterocycles. The number of hydrogen-bond donors (Lipinski definition) is 2. The third kappa shape index (κ3) is 7.34.